The Morgan fingerprint density at radius 2 is 1.79 bits per heavy atom. The molecule has 3 aromatic rings. The number of rotatable bonds is 3. The highest BCUT2D eigenvalue weighted by Gasteiger charge is 2.34. The fraction of sp³-hybridized carbons (Fsp3) is 0.227. The highest BCUT2D eigenvalue weighted by atomic mass is 35.5. The van der Waals surface area contributed by atoms with E-state index in [0.29, 0.717) is 41.1 Å². The first-order valence-electron chi connectivity index (χ1n) is 9.42. The monoisotopic (exact) mass is 409 g/mol. The number of Topliss-reactive ketones (excluding diaryl/α,β-unsaturated/α-hetero) is 1. The fourth-order valence-corrected chi connectivity index (χ4v) is 4.05. The van der Waals surface area contributed by atoms with Gasteiger partial charge in [-0.05, 0) is 31.2 Å². The lowest BCUT2D eigenvalue weighted by Gasteiger charge is -2.39. The molecule has 1 atom stereocenters. The van der Waals surface area contributed by atoms with Gasteiger partial charge in [0.25, 0.3) is 17.6 Å². The molecule has 0 unspecified atom stereocenters. The Morgan fingerprint density at radius 3 is 2.52 bits per heavy atom. The van der Waals surface area contributed by atoms with E-state index in [9.17, 15) is 14.4 Å². The second kappa shape index (κ2) is 7.72. The molecule has 0 spiro atoms. The summed E-state index contributed by atoms with van der Waals surface area (Å²) in [6.45, 7) is 2.91. The fourth-order valence-electron chi connectivity index (χ4n) is 3.77. The lowest BCUT2D eigenvalue weighted by atomic mass is 10.1. The largest absolute Gasteiger partial charge is 0.360 e. The molecule has 1 aliphatic rings. The molecule has 29 heavy (non-hydrogen) atoms. The van der Waals surface area contributed by atoms with Gasteiger partial charge in [0.2, 0.25) is 0 Å². The molecule has 2 amide bonds. The molecule has 2 heterocycles. The second-order valence-corrected chi connectivity index (χ2v) is 7.57. The van der Waals surface area contributed by atoms with Crippen LogP contribution in [0.5, 0.6) is 0 Å². The van der Waals surface area contributed by atoms with Crippen molar-refractivity contribution in [3.05, 3.63) is 70.9 Å². The van der Waals surface area contributed by atoms with Gasteiger partial charge in [0, 0.05) is 48.3 Å². The first-order valence-corrected chi connectivity index (χ1v) is 9.80. The Labute approximate surface area is 173 Å². The summed E-state index contributed by atoms with van der Waals surface area (Å²) in [4.78, 5) is 44.7. The van der Waals surface area contributed by atoms with E-state index in [4.69, 9.17) is 11.6 Å². The molecule has 1 fully saturated rings. The molecule has 7 heteroatoms. The third kappa shape index (κ3) is 3.51. The van der Waals surface area contributed by atoms with Crippen molar-refractivity contribution in [2.24, 2.45) is 0 Å². The summed E-state index contributed by atoms with van der Waals surface area (Å²) in [5.74, 6) is -1.25. The highest BCUT2D eigenvalue weighted by Crippen LogP contribution is 2.27. The van der Waals surface area contributed by atoms with Crippen molar-refractivity contribution >= 4 is 40.1 Å². The quantitative estimate of drug-likeness (QED) is 0.532. The number of carbonyl (C=O) groups is 3. The molecule has 0 bridgehead atoms. The number of ketones is 1. The molecule has 1 aromatic heterocycles. The number of amides is 2. The van der Waals surface area contributed by atoms with Crippen molar-refractivity contribution in [2.75, 3.05) is 19.6 Å². The normalized spacial score (nSPS) is 16.8. The summed E-state index contributed by atoms with van der Waals surface area (Å²) >= 11 is 6.24. The maximum Gasteiger partial charge on any atom is 0.295 e. The zero-order valence-electron chi connectivity index (χ0n) is 15.9. The number of hydrogen-bond acceptors (Lipinski definition) is 3. The van der Waals surface area contributed by atoms with Crippen molar-refractivity contribution < 1.29 is 14.4 Å². The van der Waals surface area contributed by atoms with Crippen LogP contribution in [0.25, 0.3) is 10.9 Å². The van der Waals surface area contributed by atoms with Crippen LogP contribution in [-0.4, -0.2) is 58.1 Å². The molecule has 2 aromatic carbocycles. The molecule has 0 radical (unpaired) electrons. The van der Waals surface area contributed by atoms with Crippen molar-refractivity contribution in [2.45, 2.75) is 13.0 Å². The van der Waals surface area contributed by atoms with Gasteiger partial charge >= 0.3 is 0 Å². The van der Waals surface area contributed by atoms with Gasteiger partial charge in [-0.25, -0.2) is 0 Å². The number of aromatic amines is 1. The number of H-pyrrole nitrogens is 1. The van der Waals surface area contributed by atoms with Gasteiger partial charge in [-0.3, -0.25) is 14.4 Å². The van der Waals surface area contributed by atoms with Crippen LogP contribution < -0.4 is 0 Å². The van der Waals surface area contributed by atoms with Gasteiger partial charge in [0.15, 0.2) is 0 Å². The standard InChI is InChI=1S/C22H20ClN3O3/c1-14-13-25(21(28)15-6-3-2-4-7-15)10-11-26(14)22(29)20(27)16-12-24-18-9-5-8-17(23)19(16)18/h2-9,12,14,24H,10-11,13H2,1H3/t14-/m0/s1. The van der Waals surface area contributed by atoms with Crippen LogP contribution >= 0.6 is 11.6 Å². The minimum Gasteiger partial charge on any atom is -0.360 e. The number of benzene rings is 2. The van der Waals surface area contributed by atoms with E-state index in [1.54, 1.807) is 35.2 Å². The zero-order valence-corrected chi connectivity index (χ0v) is 16.6. The molecule has 0 saturated carbocycles. The van der Waals surface area contributed by atoms with Crippen LogP contribution in [0.3, 0.4) is 0 Å². The van der Waals surface area contributed by atoms with E-state index >= 15 is 0 Å². The van der Waals surface area contributed by atoms with Crippen LogP contribution in [-0.2, 0) is 4.79 Å². The molecule has 148 valence electrons. The molecule has 4 rings (SSSR count). The molecule has 1 N–H and O–H groups in total. The summed E-state index contributed by atoms with van der Waals surface area (Å²) < 4.78 is 0. The predicted octanol–water partition coefficient (Wildman–Crippen LogP) is 3.38. The number of fused-ring (bicyclic) bond motifs is 1. The van der Waals surface area contributed by atoms with Gasteiger partial charge < -0.3 is 14.8 Å². The van der Waals surface area contributed by atoms with E-state index in [1.165, 1.54) is 11.1 Å². The van der Waals surface area contributed by atoms with Crippen molar-refractivity contribution in [1.29, 1.82) is 0 Å². The molecular weight excluding hydrogens is 390 g/mol. The van der Waals surface area contributed by atoms with E-state index in [0.717, 1.165) is 0 Å². The number of halogens is 1. The number of nitrogens with one attached hydrogen (secondary N) is 1. The van der Waals surface area contributed by atoms with Gasteiger partial charge in [-0.15, -0.1) is 0 Å². The van der Waals surface area contributed by atoms with Gasteiger partial charge in [-0.2, -0.15) is 0 Å². The van der Waals surface area contributed by atoms with Crippen molar-refractivity contribution in [3.8, 4) is 0 Å². The maximum absolute atomic E-state index is 12.9. The number of carbonyl (C=O) groups excluding carboxylic acids is 3. The Kier molecular flexibility index (Phi) is 5.11. The molecule has 1 saturated heterocycles. The zero-order chi connectivity index (χ0) is 20.5. The second-order valence-electron chi connectivity index (χ2n) is 7.16. The first kappa shape index (κ1) is 19.2. The van der Waals surface area contributed by atoms with Gasteiger partial charge in [-0.1, -0.05) is 35.9 Å². The average molecular weight is 410 g/mol. The Morgan fingerprint density at radius 1 is 1.03 bits per heavy atom. The third-order valence-electron chi connectivity index (χ3n) is 5.29. The number of aromatic nitrogens is 1. The smallest absolute Gasteiger partial charge is 0.295 e. The average Bonchev–Trinajstić information content (AvgIpc) is 3.18. The maximum atomic E-state index is 12.9. The third-order valence-corrected chi connectivity index (χ3v) is 5.61. The van der Waals surface area contributed by atoms with Gasteiger partial charge in [0.1, 0.15) is 0 Å². The van der Waals surface area contributed by atoms with Crippen molar-refractivity contribution in [3.63, 3.8) is 0 Å². The predicted molar refractivity (Wildman–Crippen MR) is 111 cm³/mol. The van der Waals surface area contributed by atoms with E-state index < -0.39 is 11.7 Å². The van der Waals surface area contributed by atoms with Gasteiger partial charge in [0.05, 0.1) is 10.6 Å². The topological polar surface area (TPSA) is 73.5 Å². The lowest BCUT2D eigenvalue weighted by Crippen LogP contribution is -2.56. The van der Waals surface area contributed by atoms with Crippen LogP contribution in [0, 0.1) is 0 Å². The number of nitrogens with zero attached hydrogens (tertiary/aromatic N) is 2. The van der Waals surface area contributed by atoms with Crippen molar-refractivity contribution in [1.82, 2.24) is 14.8 Å². The minimum absolute atomic E-state index is 0.0701. The number of piperazine rings is 1. The Balaban J connectivity index is 1.50. The van der Waals surface area contributed by atoms with E-state index in [-0.39, 0.29) is 17.5 Å². The molecule has 1 aliphatic heterocycles. The summed E-state index contributed by atoms with van der Waals surface area (Å²) in [5.41, 5.74) is 1.59. The van der Waals surface area contributed by atoms with Crippen LogP contribution in [0.4, 0.5) is 0 Å². The Hall–Kier alpha value is -3.12. The summed E-state index contributed by atoms with van der Waals surface area (Å²) in [6.07, 6.45) is 1.52. The number of hydrogen-bond donors (Lipinski definition) is 1. The van der Waals surface area contributed by atoms with Crippen LogP contribution in [0.15, 0.2) is 54.7 Å². The van der Waals surface area contributed by atoms with E-state index in [2.05, 4.69) is 4.98 Å². The van der Waals surface area contributed by atoms with E-state index in [1.807, 2.05) is 25.1 Å². The Bertz CT molecular complexity index is 1090. The van der Waals surface area contributed by atoms with Crippen LogP contribution in [0.1, 0.15) is 27.6 Å². The summed E-state index contributed by atoms with van der Waals surface area (Å²) in [6, 6.07) is 14.1. The highest BCUT2D eigenvalue weighted by molar-refractivity contribution is 6.47. The van der Waals surface area contributed by atoms with Crippen LogP contribution in [0.2, 0.25) is 5.02 Å². The molecule has 0 aliphatic carbocycles. The summed E-state index contributed by atoms with van der Waals surface area (Å²) in [7, 11) is 0. The summed E-state index contributed by atoms with van der Waals surface area (Å²) in [5, 5.41) is 0.976. The molecule has 6 nitrogen and oxygen atoms in total. The molecular formula is C22H20ClN3O3. The first-order chi connectivity index (χ1) is 14.0. The minimum atomic E-state index is -0.598. The lowest BCUT2D eigenvalue weighted by molar-refractivity contribution is -0.130. The SMILES string of the molecule is C[C@H]1CN(C(=O)c2ccccc2)CCN1C(=O)C(=O)c1c[nH]c2cccc(Cl)c12.